The molecular weight excluding hydrogens is 276 g/mol. The van der Waals surface area contributed by atoms with E-state index in [9.17, 15) is 8.78 Å². The molecule has 2 rings (SSSR count). The van der Waals surface area contributed by atoms with Crippen LogP contribution in [0.5, 0.6) is 0 Å². The van der Waals surface area contributed by atoms with E-state index in [2.05, 4.69) is 21.2 Å². The molecule has 0 aliphatic carbocycles. The zero-order valence-electron chi connectivity index (χ0n) is 8.90. The number of hydrogen-bond donors (Lipinski definition) is 1. The van der Waals surface area contributed by atoms with Crippen LogP contribution in [0.4, 0.5) is 8.78 Å². The Morgan fingerprint density at radius 2 is 2.19 bits per heavy atom. The van der Waals surface area contributed by atoms with E-state index in [0.29, 0.717) is 5.92 Å². The normalized spacial score (nSPS) is 21.1. The molecule has 1 aromatic rings. The third-order valence-corrected chi connectivity index (χ3v) is 3.54. The zero-order chi connectivity index (χ0) is 11.5. The van der Waals surface area contributed by atoms with Crippen LogP contribution in [-0.4, -0.2) is 13.1 Å². The van der Waals surface area contributed by atoms with Crippen LogP contribution in [0.2, 0.25) is 0 Å². The zero-order valence-corrected chi connectivity index (χ0v) is 10.5. The third-order valence-electron chi connectivity index (χ3n) is 2.97. The van der Waals surface area contributed by atoms with Gasteiger partial charge in [0.1, 0.15) is 0 Å². The second-order valence-electron chi connectivity index (χ2n) is 4.29. The minimum Gasteiger partial charge on any atom is -0.316 e. The van der Waals surface area contributed by atoms with E-state index < -0.39 is 11.6 Å². The van der Waals surface area contributed by atoms with Gasteiger partial charge in [-0.3, -0.25) is 0 Å². The maximum atomic E-state index is 13.2. The van der Waals surface area contributed by atoms with Gasteiger partial charge in [0.05, 0.1) is 4.47 Å². The van der Waals surface area contributed by atoms with E-state index in [1.807, 2.05) is 0 Å². The summed E-state index contributed by atoms with van der Waals surface area (Å²) in [6, 6.07) is 2.97. The minimum atomic E-state index is -0.800. The summed E-state index contributed by atoms with van der Waals surface area (Å²) in [4.78, 5) is 0. The molecule has 1 aromatic carbocycles. The van der Waals surface area contributed by atoms with E-state index in [4.69, 9.17) is 0 Å². The van der Waals surface area contributed by atoms with Gasteiger partial charge in [-0.05, 0) is 71.9 Å². The molecule has 1 nitrogen and oxygen atoms in total. The summed E-state index contributed by atoms with van der Waals surface area (Å²) in [7, 11) is 0. The van der Waals surface area contributed by atoms with Crippen LogP contribution in [0.1, 0.15) is 18.4 Å². The van der Waals surface area contributed by atoms with Gasteiger partial charge in [-0.1, -0.05) is 0 Å². The Balaban J connectivity index is 2.09. The second kappa shape index (κ2) is 5.23. The highest BCUT2D eigenvalue weighted by Gasteiger charge is 2.15. The summed E-state index contributed by atoms with van der Waals surface area (Å²) in [5, 5.41) is 3.32. The summed E-state index contributed by atoms with van der Waals surface area (Å²) in [5.41, 5.74) is 0.861. The highest BCUT2D eigenvalue weighted by Crippen LogP contribution is 2.23. The number of benzene rings is 1. The quantitative estimate of drug-likeness (QED) is 0.824. The Bertz CT molecular complexity index is 352. The molecule has 16 heavy (non-hydrogen) atoms. The average Bonchev–Trinajstić information content (AvgIpc) is 2.27. The molecule has 1 heterocycles. The van der Waals surface area contributed by atoms with Crippen LogP contribution in [0, 0.1) is 17.6 Å². The Kier molecular flexibility index (Phi) is 3.92. The van der Waals surface area contributed by atoms with Crippen molar-refractivity contribution in [2.24, 2.45) is 5.92 Å². The maximum absolute atomic E-state index is 13.2. The molecule has 1 saturated heterocycles. The Morgan fingerprint density at radius 1 is 1.38 bits per heavy atom. The van der Waals surface area contributed by atoms with Gasteiger partial charge in [-0.15, -0.1) is 0 Å². The number of nitrogens with one attached hydrogen (secondary N) is 1. The molecule has 1 aliphatic heterocycles. The fourth-order valence-corrected chi connectivity index (χ4v) is 2.64. The van der Waals surface area contributed by atoms with Crippen LogP contribution < -0.4 is 5.32 Å². The molecule has 0 aromatic heterocycles. The summed E-state index contributed by atoms with van der Waals surface area (Å²) >= 11 is 3.03. The molecule has 1 N–H and O–H groups in total. The first-order valence-electron chi connectivity index (χ1n) is 5.51. The van der Waals surface area contributed by atoms with E-state index in [0.717, 1.165) is 37.9 Å². The minimum absolute atomic E-state index is 0.214. The van der Waals surface area contributed by atoms with Crippen molar-refractivity contribution in [1.29, 1.82) is 0 Å². The standard InChI is InChI=1S/C12H14BrF2N/c13-10-5-9(6-11(14)12(10)15)4-8-2-1-3-16-7-8/h5-6,8,16H,1-4,7H2. The molecular formula is C12H14BrF2N. The molecule has 88 valence electrons. The summed E-state index contributed by atoms with van der Waals surface area (Å²) < 4.78 is 26.4. The van der Waals surface area contributed by atoms with Gasteiger partial charge in [0, 0.05) is 0 Å². The molecule has 0 bridgehead atoms. The first-order chi connectivity index (χ1) is 7.66. The lowest BCUT2D eigenvalue weighted by atomic mass is 9.92. The topological polar surface area (TPSA) is 12.0 Å². The lowest BCUT2D eigenvalue weighted by molar-refractivity contribution is 0.375. The first kappa shape index (κ1) is 12.0. The average molecular weight is 290 g/mol. The lowest BCUT2D eigenvalue weighted by Gasteiger charge is -2.22. The third kappa shape index (κ3) is 2.80. The van der Waals surface area contributed by atoms with Crippen LogP contribution in [0.15, 0.2) is 16.6 Å². The first-order valence-corrected chi connectivity index (χ1v) is 6.30. The largest absolute Gasteiger partial charge is 0.316 e. The molecule has 0 radical (unpaired) electrons. The van der Waals surface area contributed by atoms with Gasteiger partial charge in [0.15, 0.2) is 11.6 Å². The van der Waals surface area contributed by atoms with Gasteiger partial charge in [-0.2, -0.15) is 0 Å². The summed E-state index contributed by atoms with van der Waals surface area (Å²) in [6.45, 7) is 2.04. The van der Waals surface area contributed by atoms with E-state index in [1.165, 1.54) is 6.07 Å². The maximum Gasteiger partial charge on any atom is 0.172 e. The molecule has 1 atom stereocenters. The number of piperidine rings is 1. The number of halogens is 3. The van der Waals surface area contributed by atoms with Crippen molar-refractivity contribution in [1.82, 2.24) is 5.32 Å². The van der Waals surface area contributed by atoms with Crippen molar-refractivity contribution >= 4 is 15.9 Å². The highest BCUT2D eigenvalue weighted by atomic mass is 79.9. The molecule has 1 aliphatic rings. The van der Waals surface area contributed by atoms with Crippen molar-refractivity contribution in [2.75, 3.05) is 13.1 Å². The van der Waals surface area contributed by atoms with Crippen molar-refractivity contribution < 1.29 is 8.78 Å². The Labute approximate surface area is 102 Å². The number of hydrogen-bond acceptors (Lipinski definition) is 1. The fourth-order valence-electron chi connectivity index (χ4n) is 2.16. The molecule has 0 spiro atoms. The monoisotopic (exact) mass is 289 g/mol. The predicted molar refractivity (Wildman–Crippen MR) is 63.4 cm³/mol. The SMILES string of the molecule is Fc1cc(CC2CCCNC2)cc(Br)c1F. The highest BCUT2D eigenvalue weighted by molar-refractivity contribution is 9.10. The van der Waals surface area contributed by atoms with Gasteiger partial charge in [0.2, 0.25) is 0 Å². The van der Waals surface area contributed by atoms with Crippen LogP contribution in [0.3, 0.4) is 0 Å². The van der Waals surface area contributed by atoms with Gasteiger partial charge in [-0.25, -0.2) is 8.78 Å². The van der Waals surface area contributed by atoms with Crippen LogP contribution in [-0.2, 0) is 6.42 Å². The van der Waals surface area contributed by atoms with Crippen LogP contribution in [0.25, 0.3) is 0 Å². The smallest absolute Gasteiger partial charge is 0.172 e. The molecule has 1 unspecified atom stereocenters. The lowest BCUT2D eigenvalue weighted by Crippen LogP contribution is -2.30. The van der Waals surface area contributed by atoms with Gasteiger partial charge in [0.25, 0.3) is 0 Å². The predicted octanol–water partition coefficient (Wildman–Crippen LogP) is 3.27. The van der Waals surface area contributed by atoms with Crippen molar-refractivity contribution in [3.63, 3.8) is 0 Å². The number of rotatable bonds is 2. The van der Waals surface area contributed by atoms with E-state index in [1.54, 1.807) is 6.07 Å². The Morgan fingerprint density at radius 3 is 2.81 bits per heavy atom. The molecule has 0 saturated carbocycles. The summed E-state index contributed by atoms with van der Waals surface area (Å²) in [5.74, 6) is -1.04. The van der Waals surface area contributed by atoms with Crippen molar-refractivity contribution in [3.8, 4) is 0 Å². The van der Waals surface area contributed by atoms with Gasteiger partial charge >= 0.3 is 0 Å². The van der Waals surface area contributed by atoms with Crippen molar-refractivity contribution in [3.05, 3.63) is 33.8 Å². The second-order valence-corrected chi connectivity index (χ2v) is 5.14. The molecule has 1 fully saturated rings. The van der Waals surface area contributed by atoms with E-state index >= 15 is 0 Å². The molecule has 0 amide bonds. The van der Waals surface area contributed by atoms with Crippen LogP contribution >= 0.6 is 15.9 Å². The Hall–Kier alpha value is -0.480. The van der Waals surface area contributed by atoms with E-state index in [-0.39, 0.29) is 4.47 Å². The van der Waals surface area contributed by atoms with Crippen molar-refractivity contribution in [2.45, 2.75) is 19.3 Å². The van der Waals surface area contributed by atoms with Gasteiger partial charge < -0.3 is 5.32 Å². The summed E-state index contributed by atoms with van der Waals surface area (Å²) in [6.07, 6.45) is 3.13. The molecule has 4 heteroatoms. The fraction of sp³-hybridized carbons (Fsp3) is 0.500.